The van der Waals surface area contributed by atoms with E-state index in [9.17, 15) is 10.2 Å². The lowest BCUT2D eigenvalue weighted by atomic mass is 9.46. The smallest absolute Gasteiger partial charge is 0.0711 e. The second kappa shape index (κ2) is 5.88. The quantitative estimate of drug-likeness (QED) is 0.514. The number of hydrogen-bond donors (Lipinski definition) is 3. The molecule has 3 fully saturated rings. The summed E-state index contributed by atoms with van der Waals surface area (Å²) in [5.74, 6) is 1.94. The molecule has 0 aromatic rings. The van der Waals surface area contributed by atoms with Gasteiger partial charge < -0.3 is 10.2 Å². The molecule has 0 heterocycles. The van der Waals surface area contributed by atoms with E-state index >= 15 is 0 Å². The zero-order valence-corrected chi connectivity index (χ0v) is 15.9. The monoisotopic (exact) mass is 346 g/mol. The normalized spacial score (nSPS) is 53.2. The van der Waals surface area contributed by atoms with E-state index in [1.54, 1.807) is 0 Å². The zero-order valence-electron chi connectivity index (χ0n) is 15.9. The molecule has 3 N–H and O–H groups in total. The van der Waals surface area contributed by atoms with Gasteiger partial charge in [-0.3, -0.25) is 0 Å². The van der Waals surface area contributed by atoms with Crippen LogP contribution in [0.15, 0.2) is 16.8 Å². The summed E-state index contributed by atoms with van der Waals surface area (Å²) in [6.07, 6.45) is 8.88. The molecule has 0 aliphatic heterocycles. The summed E-state index contributed by atoms with van der Waals surface area (Å²) >= 11 is 0. The Balaban J connectivity index is 1.69. The van der Waals surface area contributed by atoms with E-state index in [0.29, 0.717) is 23.7 Å². The first-order chi connectivity index (χ1) is 11.8. The lowest BCUT2D eigenvalue weighted by Gasteiger charge is -2.59. The average Bonchev–Trinajstić information content (AvgIpc) is 2.91. The molecule has 4 nitrogen and oxygen atoms in total. The Bertz CT molecular complexity index is 590. The summed E-state index contributed by atoms with van der Waals surface area (Å²) in [5, 5.41) is 25.3. The fourth-order valence-electron chi connectivity index (χ4n) is 7.69. The van der Waals surface area contributed by atoms with Crippen molar-refractivity contribution in [3.63, 3.8) is 0 Å². The Morgan fingerprint density at radius 1 is 1.24 bits per heavy atom. The Morgan fingerprint density at radius 3 is 2.72 bits per heavy atom. The molecule has 4 unspecified atom stereocenters. The van der Waals surface area contributed by atoms with Crippen molar-refractivity contribution < 1.29 is 10.2 Å². The van der Waals surface area contributed by atoms with Crippen molar-refractivity contribution in [2.24, 2.45) is 39.6 Å². The Kier molecular flexibility index (Phi) is 4.16. The molecule has 9 atom stereocenters. The van der Waals surface area contributed by atoms with Crippen molar-refractivity contribution in [2.75, 3.05) is 0 Å². The van der Waals surface area contributed by atoms with Crippen LogP contribution in [0.1, 0.15) is 65.7 Å². The van der Waals surface area contributed by atoms with E-state index in [2.05, 4.69) is 32.0 Å². The van der Waals surface area contributed by atoms with Crippen LogP contribution in [-0.4, -0.2) is 28.5 Å². The fraction of sp³-hybridized carbons (Fsp3) is 0.905. The van der Waals surface area contributed by atoms with E-state index in [0.717, 1.165) is 38.5 Å². The Hall–Kier alpha value is -0.740. The molecule has 0 radical (unpaired) electrons. The molecular weight excluding hydrogens is 312 g/mol. The molecule has 140 valence electrons. The van der Waals surface area contributed by atoms with Gasteiger partial charge in [0, 0.05) is 0 Å². The van der Waals surface area contributed by atoms with Crippen LogP contribution in [0.3, 0.4) is 0 Å². The van der Waals surface area contributed by atoms with Gasteiger partial charge in [-0.15, -0.1) is 0 Å². The summed E-state index contributed by atoms with van der Waals surface area (Å²) in [7, 11) is 0. The topological polar surface area (TPSA) is 76.7 Å². The maximum absolute atomic E-state index is 11.3. The summed E-state index contributed by atoms with van der Waals surface area (Å²) in [4.78, 5) is 0. The third-order valence-electron chi connectivity index (χ3n) is 8.87. The molecule has 3 saturated carbocycles. The van der Waals surface area contributed by atoms with Gasteiger partial charge in [0.25, 0.3) is 0 Å². The van der Waals surface area contributed by atoms with E-state index in [4.69, 9.17) is 5.53 Å². The maximum atomic E-state index is 11.3. The molecule has 0 amide bonds. The molecule has 0 saturated heterocycles. The van der Waals surface area contributed by atoms with Crippen molar-refractivity contribution >= 4 is 0 Å². The number of rotatable bonds is 2. The first kappa shape index (κ1) is 17.7. The third-order valence-corrected chi connectivity index (χ3v) is 8.87. The second-order valence-corrected chi connectivity index (χ2v) is 9.91. The first-order valence-corrected chi connectivity index (χ1v) is 10.2. The zero-order chi connectivity index (χ0) is 18.0. The number of fused-ring (bicyclic) bond motifs is 5. The highest BCUT2D eigenvalue weighted by Crippen LogP contribution is 2.66. The van der Waals surface area contributed by atoms with Crippen LogP contribution in [0.5, 0.6) is 0 Å². The van der Waals surface area contributed by atoms with E-state index < -0.39 is 0 Å². The maximum Gasteiger partial charge on any atom is 0.0711 e. The van der Waals surface area contributed by atoms with Gasteiger partial charge in [0.05, 0.1) is 18.2 Å². The molecule has 4 heteroatoms. The first-order valence-electron chi connectivity index (χ1n) is 10.2. The summed E-state index contributed by atoms with van der Waals surface area (Å²) in [6, 6.07) is 0.0638. The lowest BCUT2D eigenvalue weighted by Crippen LogP contribution is -2.56. The minimum Gasteiger partial charge on any atom is -0.393 e. The molecule has 0 aromatic heterocycles. The minimum absolute atomic E-state index is 0.0619. The molecule has 4 aliphatic rings. The SMILES string of the molecule is CC(N=N)[C@H]1CCC2C3CC=C4C[C@@H](O)CC[C@]4(C)C3[C@@H](O)C[C@@]21C. The molecule has 4 aliphatic carbocycles. The molecule has 0 aromatic carbocycles. The summed E-state index contributed by atoms with van der Waals surface area (Å²) < 4.78 is 0. The average molecular weight is 347 g/mol. The van der Waals surface area contributed by atoms with Gasteiger partial charge in [-0.2, -0.15) is 5.11 Å². The van der Waals surface area contributed by atoms with Crippen LogP contribution in [0.25, 0.3) is 0 Å². The summed E-state index contributed by atoms with van der Waals surface area (Å²) in [5.41, 5.74) is 9.07. The third kappa shape index (κ3) is 2.39. The van der Waals surface area contributed by atoms with Gasteiger partial charge in [0.15, 0.2) is 0 Å². The fourth-order valence-corrected chi connectivity index (χ4v) is 7.69. The predicted octanol–water partition coefficient (Wildman–Crippen LogP) is 4.32. The second-order valence-electron chi connectivity index (χ2n) is 9.91. The number of allylic oxidation sites excluding steroid dienone is 1. The minimum atomic E-state index is -0.270. The molecule has 0 spiro atoms. The van der Waals surface area contributed by atoms with Crippen LogP contribution in [0.2, 0.25) is 0 Å². The van der Waals surface area contributed by atoms with E-state index in [-0.39, 0.29) is 29.1 Å². The van der Waals surface area contributed by atoms with Gasteiger partial charge in [-0.05, 0) is 86.4 Å². The van der Waals surface area contributed by atoms with Crippen molar-refractivity contribution in [1.29, 1.82) is 5.53 Å². The van der Waals surface area contributed by atoms with Crippen molar-refractivity contribution in [3.8, 4) is 0 Å². The van der Waals surface area contributed by atoms with Gasteiger partial charge in [-0.1, -0.05) is 25.5 Å². The van der Waals surface area contributed by atoms with Crippen molar-refractivity contribution in [1.82, 2.24) is 0 Å². The Morgan fingerprint density at radius 2 is 2.00 bits per heavy atom. The highest BCUT2D eigenvalue weighted by Gasteiger charge is 2.62. The molecule has 0 bridgehead atoms. The number of aliphatic hydroxyl groups is 2. The number of nitrogens with one attached hydrogen (secondary N) is 1. The molecular formula is C21H34N2O2. The van der Waals surface area contributed by atoms with E-state index in [1.807, 2.05) is 0 Å². The van der Waals surface area contributed by atoms with Gasteiger partial charge in [-0.25, -0.2) is 5.53 Å². The standard InChI is InChI=1S/C21H34N2O2/c1-12(23-22)16-6-7-17-15-5-4-13-10-14(24)8-9-20(13,2)19(15)18(25)11-21(16,17)3/h4,12,14-19,22,24-25H,5-11H2,1-3H3/t12?,14-,15?,16+,17?,18-,19?,20-,21+/m0/s1. The van der Waals surface area contributed by atoms with Gasteiger partial charge >= 0.3 is 0 Å². The largest absolute Gasteiger partial charge is 0.393 e. The Labute approximate surface area is 151 Å². The van der Waals surface area contributed by atoms with E-state index in [1.165, 1.54) is 12.0 Å². The van der Waals surface area contributed by atoms with Crippen molar-refractivity contribution in [2.45, 2.75) is 84.0 Å². The van der Waals surface area contributed by atoms with Crippen LogP contribution >= 0.6 is 0 Å². The lowest BCUT2D eigenvalue weighted by molar-refractivity contribution is -0.126. The van der Waals surface area contributed by atoms with Crippen LogP contribution in [0, 0.1) is 40.0 Å². The number of hydrogen-bond acceptors (Lipinski definition) is 4. The number of nitrogens with zero attached hydrogens (tertiary/aromatic N) is 1. The van der Waals surface area contributed by atoms with Crippen LogP contribution in [-0.2, 0) is 0 Å². The highest BCUT2D eigenvalue weighted by molar-refractivity contribution is 5.26. The number of aliphatic hydroxyl groups excluding tert-OH is 2. The molecule has 4 rings (SSSR count). The molecule has 25 heavy (non-hydrogen) atoms. The highest BCUT2D eigenvalue weighted by atomic mass is 16.3. The van der Waals surface area contributed by atoms with Gasteiger partial charge in [0.1, 0.15) is 0 Å². The predicted molar refractivity (Wildman–Crippen MR) is 97.2 cm³/mol. The van der Waals surface area contributed by atoms with Crippen LogP contribution < -0.4 is 0 Å². The summed E-state index contributed by atoms with van der Waals surface area (Å²) in [6.45, 7) is 6.79. The van der Waals surface area contributed by atoms with Crippen molar-refractivity contribution in [3.05, 3.63) is 11.6 Å². The van der Waals surface area contributed by atoms with Gasteiger partial charge in [0.2, 0.25) is 0 Å². The van der Waals surface area contributed by atoms with Crippen LogP contribution in [0.4, 0.5) is 0 Å².